The Balaban J connectivity index is 1.83. The summed E-state index contributed by atoms with van der Waals surface area (Å²) in [6.07, 6.45) is 2.17. The Kier molecular flexibility index (Phi) is 4.93. The van der Waals surface area contributed by atoms with Crippen molar-refractivity contribution in [3.8, 4) is 0 Å². The molecule has 3 heterocycles. The van der Waals surface area contributed by atoms with E-state index < -0.39 is 5.41 Å². The van der Waals surface area contributed by atoms with Gasteiger partial charge in [-0.05, 0) is 26.0 Å². The molecular weight excluding hydrogens is 334 g/mol. The van der Waals surface area contributed by atoms with E-state index in [9.17, 15) is 14.4 Å². The lowest BCUT2D eigenvalue weighted by Gasteiger charge is -2.33. The summed E-state index contributed by atoms with van der Waals surface area (Å²) in [5.74, 6) is -0.0928. The molecule has 0 unspecified atom stereocenters. The van der Waals surface area contributed by atoms with E-state index in [4.69, 9.17) is 0 Å². The first-order valence-corrected chi connectivity index (χ1v) is 9.02. The minimum atomic E-state index is -0.442. The molecule has 0 aliphatic carbocycles. The smallest absolute Gasteiger partial charge is 0.317 e. The molecule has 2 aliphatic rings. The van der Waals surface area contributed by atoms with E-state index >= 15 is 0 Å². The molecule has 1 spiro atoms. The SMILES string of the molecule is CC(C)NC(=O)N1CCN(C(=O)c2cccn2C)C[C@]2(CNC(=O)C2)C1. The predicted molar refractivity (Wildman–Crippen MR) is 96.6 cm³/mol. The molecule has 1 aromatic rings. The van der Waals surface area contributed by atoms with Crippen molar-refractivity contribution in [1.82, 2.24) is 25.0 Å². The first-order valence-electron chi connectivity index (χ1n) is 9.02. The van der Waals surface area contributed by atoms with Crippen LogP contribution in [-0.4, -0.2) is 71.0 Å². The molecule has 26 heavy (non-hydrogen) atoms. The van der Waals surface area contributed by atoms with Crippen LogP contribution in [0.15, 0.2) is 18.3 Å². The van der Waals surface area contributed by atoms with Crippen molar-refractivity contribution < 1.29 is 14.4 Å². The molecule has 3 rings (SSSR count). The number of amides is 4. The summed E-state index contributed by atoms with van der Waals surface area (Å²) in [5, 5.41) is 5.79. The van der Waals surface area contributed by atoms with Gasteiger partial charge in [-0.1, -0.05) is 0 Å². The fourth-order valence-electron chi connectivity index (χ4n) is 3.76. The monoisotopic (exact) mass is 361 g/mol. The van der Waals surface area contributed by atoms with Gasteiger partial charge in [0.15, 0.2) is 0 Å². The normalized spacial score (nSPS) is 23.3. The van der Waals surface area contributed by atoms with E-state index in [-0.39, 0.29) is 23.9 Å². The number of urea groups is 1. The Labute approximate surface area is 153 Å². The molecule has 142 valence electrons. The highest BCUT2D eigenvalue weighted by molar-refractivity contribution is 5.93. The van der Waals surface area contributed by atoms with Crippen molar-refractivity contribution in [1.29, 1.82) is 0 Å². The molecule has 0 radical (unpaired) electrons. The molecule has 1 atom stereocenters. The Hall–Kier alpha value is -2.51. The first-order chi connectivity index (χ1) is 12.3. The molecule has 8 nitrogen and oxygen atoms in total. The van der Waals surface area contributed by atoms with Gasteiger partial charge in [-0.25, -0.2) is 4.79 Å². The molecule has 2 N–H and O–H groups in total. The van der Waals surface area contributed by atoms with Crippen LogP contribution in [0.5, 0.6) is 0 Å². The van der Waals surface area contributed by atoms with Gasteiger partial charge in [0, 0.05) is 63.8 Å². The van der Waals surface area contributed by atoms with Gasteiger partial charge in [-0.3, -0.25) is 9.59 Å². The number of hydrogen-bond acceptors (Lipinski definition) is 3. The summed E-state index contributed by atoms with van der Waals surface area (Å²) in [4.78, 5) is 41.0. The van der Waals surface area contributed by atoms with E-state index in [0.717, 1.165) is 0 Å². The maximum Gasteiger partial charge on any atom is 0.317 e. The third-order valence-corrected chi connectivity index (χ3v) is 5.04. The molecule has 2 fully saturated rings. The third-order valence-electron chi connectivity index (χ3n) is 5.04. The van der Waals surface area contributed by atoms with Crippen LogP contribution in [0.3, 0.4) is 0 Å². The largest absolute Gasteiger partial charge is 0.355 e. The van der Waals surface area contributed by atoms with Crippen LogP contribution in [0.4, 0.5) is 4.79 Å². The highest BCUT2D eigenvalue weighted by Crippen LogP contribution is 2.31. The third kappa shape index (κ3) is 3.68. The van der Waals surface area contributed by atoms with Crippen molar-refractivity contribution in [2.45, 2.75) is 26.3 Å². The Bertz CT molecular complexity index is 713. The topological polar surface area (TPSA) is 86.7 Å². The van der Waals surface area contributed by atoms with Crippen molar-refractivity contribution in [3.05, 3.63) is 24.0 Å². The van der Waals surface area contributed by atoms with Crippen LogP contribution in [0.25, 0.3) is 0 Å². The first kappa shape index (κ1) is 18.3. The number of aromatic nitrogens is 1. The van der Waals surface area contributed by atoms with E-state index in [1.54, 1.807) is 20.4 Å². The molecule has 4 amide bonds. The highest BCUT2D eigenvalue weighted by atomic mass is 16.2. The van der Waals surface area contributed by atoms with E-state index in [1.165, 1.54) is 0 Å². The number of rotatable bonds is 2. The summed E-state index contributed by atoms with van der Waals surface area (Å²) in [7, 11) is 1.84. The number of hydrogen-bond donors (Lipinski definition) is 2. The Morgan fingerprint density at radius 2 is 1.92 bits per heavy atom. The van der Waals surface area contributed by atoms with Gasteiger partial charge in [0.2, 0.25) is 5.91 Å². The summed E-state index contributed by atoms with van der Waals surface area (Å²) in [6.45, 7) is 6.13. The predicted octanol–water partition coefficient (Wildman–Crippen LogP) is 0.407. The van der Waals surface area contributed by atoms with Crippen LogP contribution in [-0.2, 0) is 11.8 Å². The van der Waals surface area contributed by atoms with Gasteiger partial charge in [0.25, 0.3) is 5.91 Å². The summed E-state index contributed by atoms with van der Waals surface area (Å²) in [5.41, 5.74) is 0.167. The average Bonchev–Trinajstić information content (AvgIpc) is 3.08. The number of aryl methyl sites for hydroxylation is 1. The standard InChI is InChI=1S/C18H27N5O3/c1-13(2)20-17(26)23-8-7-22(16(25)14-5-4-6-21(14)3)11-18(12-23)9-15(24)19-10-18/h4-6,13H,7-12H2,1-3H3,(H,19,24)(H,20,26)/t18-/m0/s1. The van der Waals surface area contributed by atoms with Gasteiger partial charge >= 0.3 is 6.03 Å². The lowest BCUT2D eigenvalue weighted by atomic mass is 9.86. The van der Waals surface area contributed by atoms with E-state index in [2.05, 4.69) is 10.6 Å². The molecule has 2 aliphatic heterocycles. The summed E-state index contributed by atoms with van der Waals surface area (Å²) < 4.78 is 1.79. The van der Waals surface area contributed by atoms with Crippen LogP contribution in [0, 0.1) is 5.41 Å². The van der Waals surface area contributed by atoms with Gasteiger partial charge in [0.1, 0.15) is 5.69 Å². The lowest BCUT2D eigenvalue weighted by Crippen LogP contribution is -2.48. The van der Waals surface area contributed by atoms with Crippen LogP contribution in [0.2, 0.25) is 0 Å². The summed E-state index contributed by atoms with van der Waals surface area (Å²) >= 11 is 0. The zero-order valence-electron chi connectivity index (χ0n) is 15.6. The molecule has 2 saturated heterocycles. The zero-order valence-corrected chi connectivity index (χ0v) is 15.6. The van der Waals surface area contributed by atoms with Crippen molar-refractivity contribution >= 4 is 17.8 Å². The van der Waals surface area contributed by atoms with Gasteiger partial charge < -0.3 is 25.0 Å². The molecule has 8 heteroatoms. The fourth-order valence-corrected chi connectivity index (χ4v) is 3.76. The molecule has 0 bridgehead atoms. The molecule has 1 aromatic heterocycles. The minimum Gasteiger partial charge on any atom is -0.355 e. The quantitative estimate of drug-likeness (QED) is 0.800. The Morgan fingerprint density at radius 1 is 1.23 bits per heavy atom. The maximum absolute atomic E-state index is 13.0. The Morgan fingerprint density at radius 3 is 2.50 bits per heavy atom. The lowest BCUT2D eigenvalue weighted by molar-refractivity contribution is -0.119. The zero-order chi connectivity index (χ0) is 18.9. The highest BCUT2D eigenvalue weighted by Gasteiger charge is 2.45. The number of nitrogens with one attached hydrogen (secondary N) is 2. The second kappa shape index (κ2) is 7.01. The van der Waals surface area contributed by atoms with Crippen LogP contribution < -0.4 is 10.6 Å². The van der Waals surface area contributed by atoms with Crippen LogP contribution >= 0.6 is 0 Å². The number of carbonyl (C=O) groups excluding carboxylic acids is 3. The minimum absolute atomic E-state index is 0.0256. The van der Waals surface area contributed by atoms with Gasteiger partial charge in [-0.15, -0.1) is 0 Å². The number of nitrogens with zero attached hydrogens (tertiary/aromatic N) is 3. The van der Waals surface area contributed by atoms with Gasteiger partial charge in [-0.2, -0.15) is 0 Å². The summed E-state index contributed by atoms with van der Waals surface area (Å²) in [6, 6.07) is 3.52. The van der Waals surface area contributed by atoms with Crippen molar-refractivity contribution in [2.75, 3.05) is 32.7 Å². The molecule has 0 saturated carbocycles. The van der Waals surface area contributed by atoms with Crippen molar-refractivity contribution in [3.63, 3.8) is 0 Å². The average molecular weight is 361 g/mol. The van der Waals surface area contributed by atoms with Crippen LogP contribution in [0.1, 0.15) is 30.8 Å². The fraction of sp³-hybridized carbons (Fsp3) is 0.611. The van der Waals surface area contributed by atoms with E-state index in [1.807, 2.05) is 33.2 Å². The molecule has 0 aromatic carbocycles. The number of carbonyl (C=O) groups is 3. The second-order valence-corrected chi connectivity index (χ2v) is 7.71. The van der Waals surface area contributed by atoms with E-state index in [0.29, 0.717) is 44.8 Å². The maximum atomic E-state index is 13.0. The van der Waals surface area contributed by atoms with Crippen molar-refractivity contribution in [2.24, 2.45) is 12.5 Å². The molecular formula is C18H27N5O3. The van der Waals surface area contributed by atoms with Gasteiger partial charge in [0.05, 0.1) is 0 Å². The second-order valence-electron chi connectivity index (χ2n) is 7.71.